The maximum absolute atomic E-state index is 11.7. The first kappa shape index (κ1) is 16.0. The van der Waals surface area contributed by atoms with Crippen LogP contribution in [-0.4, -0.2) is 39.0 Å². The van der Waals surface area contributed by atoms with Crippen LogP contribution in [0.2, 0.25) is 0 Å². The molecule has 0 radical (unpaired) electrons. The van der Waals surface area contributed by atoms with Crippen LogP contribution in [0.3, 0.4) is 0 Å². The molecule has 0 spiro atoms. The second-order valence-electron chi connectivity index (χ2n) is 4.23. The van der Waals surface area contributed by atoms with Gasteiger partial charge < -0.3 is 15.4 Å². The number of rotatable bonds is 8. The fraction of sp³-hybridized carbons (Fsp3) is 0.500. The van der Waals surface area contributed by atoms with E-state index in [2.05, 4.69) is 34.9 Å². The number of nitrogens with one attached hydrogen (secondary N) is 2. The first-order chi connectivity index (χ1) is 9.17. The summed E-state index contributed by atoms with van der Waals surface area (Å²) < 4.78 is 4.90. The minimum absolute atomic E-state index is 0.00227. The van der Waals surface area contributed by atoms with Gasteiger partial charge >= 0.3 is 0 Å². The van der Waals surface area contributed by atoms with E-state index in [0.29, 0.717) is 19.7 Å². The topological polar surface area (TPSA) is 50.4 Å². The minimum Gasteiger partial charge on any atom is -0.383 e. The molecule has 0 aromatic heterocycles. The van der Waals surface area contributed by atoms with Crippen molar-refractivity contribution in [2.24, 2.45) is 0 Å². The van der Waals surface area contributed by atoms with E-state index in [1.54, 1.807) is 18.9 Å². The monoisotopic (exact) mass is 282 g/mol. The molecule has 0 saturated carbocycles. The summed E-state index contributed by atoms with van der Waals surface area (Å²) in [5.41, 5.74) is 1.11. The average molecular weight is 282 g/mol. The Morgan fingerprint density at radius 1 is 1.37 bits per heavy atom. The smallest absolute Gasteiger partial charge is 0.234 e. The van der Waals surface area contributed by atoms with Crippen LogP contribution in [0.15, 0.2) is 29.2 Å². The molecule has 0 fully saturated rings. The fourth-order valence-electron chi connectivity index (χ4n) is 1.64. The van der Waals surface area contributed by atoms with E-state index in [9.17, 15) is 4.79 Å². The van der Waals surface area contributed by atoms with Gasteiger partial charge in [-0.05, 0) is 30.9 Å². The van der Waals surface area contributed by atoms with E-state index in [0.717, 1.165) is 5.56 Å². The van der Waals surface area contributed by atoms with Gasteiger partial charge in [0.05, 0.1) is 19.2 Å². The number of carbonyl (C=O) groups is 1. The van der Waals surface area contributed by atoms with Gasteiger partial charge in [-0.1, -0.05) is 12.1 Å². The number of hydrogen-bond acceptors (Lipinski definition) is 4. The molecule has 1 amide bonds. The van der Waals surface area contributed by atoms with Crippen LogP contribution in [0.1, 0.15) is 18.5 Å². The lowest BCUT2D eigenvalue weighted by Gasteiger charge is -2.15. The van der Waals surface area contributed by atoms with E-state index in [-0.39, 0.29) is 11.9 Å². The number of hydrogen-bond donors (Lipinski definition) is 2. The van der Waals surface area contributed by atoms with Crippen molar-refractivity contribution in [3.63, 3.8) is 0 Å². The molecule has 106 valence electrons. The van der Waals surface area contributed by atoms with E-state index in [1.165, 1.54) is 4.90 Å². The van der Waals surface area contributed by atoms with E-state index >= 15 is 0 Å². The number of ether oxygens (including phenoxy) is 1. The van der Waals surface area contributed by atoms with Crippen molar-refractivity contribution in [1.82, 2.24) is 10.6 Å². The van der Waals surface area contributed by atoms with E-state index < -0.39 is 0 Å². The Morgan fingerprint density at radius 2 is 2.05 bits per heavy atom. The van der Waals surface area contributed by atoms with Gasteiger partial charge in [-0.15, -0.1) is 11.8 Å². The second-order valence-corrected chi connectivity index (χ2v) is 5.11. The molecule has 0 aliphatic carbocycles. The van der Waals surface area contributed by atoms with Gasteiger partial charge in [0, 0.05) is 18.6 Å². The molecule has 0 aliphatic rings. The van der Waals surface area contributed by atoms with Crippen molar-refractivity contribution in [1.29, 1.82) is 0 Å². The van der Waals surface area contributed by atoms with Crippen molar-refractivity contribution >= 4 is 17.7 Å². The molecule has 0 bridgehead atoms. The van der Waals surface area contributed by atoms with E-state index in [1.807, 2.05) is 13.2 Å². The summed E-state index contributed by atoms with van der Waals surface area (Å²) in [5, 5.41) is 5.98. The zero-order chi connectivity index (χ0) is 14.1. The van der Waals surface area contributed by atoms with Crippen molar-refractivity contribution in [2.45, 2.75) is 17.9 Å². The summed E-state index contributed by atoms with van der Waals surface area (Å²) >= 11 is 1.71. The van der Waals surface area contributed by atoms with Crippen molar-refractivity contribution < 1.29 is 9.53 Å². The Bertz CT molecular complexity index is 382. The zero-order valence-electron chi connectivity index (χ0n) is 11.7. The lowest BCUT2D eigenvalue weighted by Crippen LogP contribution is -2.36. The number of benzene rings is 1. The van der Waals surface area contributed by atoms with Crippen LogP contribution < -0.4 is 10.6 Å². The van der Waals surface area contributed by atoms with Crippen molar-refractivity contribution in [2.75, 3.05) is 33.1 Å². The first-order valence-electron chi connectivity index (χ1n) is 6.30. The molecule has 0 heterocycles. The summed E-state index contributed by atoms with van der Waals surface area (Å²) in [6, 6.07) is 8.26. The molecule has 0 saturated heterocycles. The normalized spacial score (nSPS) is 12.2. The predicted molar refractivity (Wildman–Crippen MR) is 79.5 cm³/mol. The number of methoxy groups -OCH3 is 1. The summed E-state index contributed by atoms with van der Waals surface area (Å²) in [7, 11) is 1.64. The van der Waals surface area contributed by atoms with Crippen LogP contribution >= 0.6 is 11.8 Å². The Labute approximate surface area is 119 Å². The quantitative estimate of drug-likeness (QED) is 0.564. The average Bonchev–Trinajstić information content (AvgIpc) is 2.43. The van der Waals surface area contributed by atoms with E-state index in [4.69, 9.17) is 4.74 Å². The summed E-state index contributed by atoms with van der Waals surface area (Å²) in [6.45, 7) is 3.59. The zero-order valence-corrected chi connectivity index (χ0v) is 12.5. The Kier molecular flexibility index (Phi) is 7.55. The minimum atomic E-state index is -0.00227. The Hall–Kier alpha value is -1.04. The molecule has 1 unspecified atom stereocenters. The number of carbonyl (C=O) groups excluding carboxylic acids is 1. The highest BCUT2D eigenvalue weighted by molar-refractivity contribution is 7.98. The maximum atomic E-state index is 11.7. The highest BCUT2D eigenvalue weighted by Gasteiger charge is 2.08. The van der Waals surface area contributed by atoms with Crippen LogP contribution in [-0.2, 0) is 9.53 Å². The van der Waals surface area contributed by atoms with Gasteiger partial charge in [0.1, 0.15) is 0 Å². The molecule has 5 heteroatoms. The van der Waals surface area contributed by atoms with Gasteiger partial charge in [-0.2, -0.15) is 0 Å². The summed E-state index contributed by atoms with van der Waals surface area (Å²) in [6.07, 6.45) is 2.05. The fourth-order valence-corrected chi connectivity index (χ4v) is 2.05. The molecule has 2 N–H and O–H groups in total. The van der Waals surface area contributed by atoms with Gasteiger partial charge in [0.15, 0.2) is 0 Å². The Balaban J connectivity index is 2.36. The summed E-state index contributed by atoms with van der Waals surface area (Å²) in [4.78, 5) is 12.9. The third kappa shape index (κ3) is 6.09. The third-order valence-corrected chi connectivity index (χ3v) is 3.51. The molecule has 19 heavy (non-hydrogen) atoms. The van der Waals surface area contributed by atoms with Crippen LogP contribution in [0, 0.1) is 0 Å². The Morgan fingerprint density at radius 3 is 2.63 bits per heavy atom. The molecule has 1 aromatic carbocycles. The number of amides is 1. The maximum Gasteiger partial charge on any atom is 0.234 e. The summed E-state index contributed by atoms with van der Waals surface area (Å²) in [5.74, 6) is -0.00227. The molecular weight excluding hydrogens is 260 g/mol. The molecule has 1 rings (SSSR count). The first-order valence-corrected chi connectivity index (χ1v) is 7.52. The second kappa shape index (κ2) is 8.96. The molecular formula is C14H22N2O2S. The van der Waals surface area contributed by atoms with Gasteiger partial charge in [-0.25, -0.2) is 0 Å². The van der Waals surface area contributed by atoms with Crippen LogP contribution in [0.5, 0.6) is 0 Å². The standard InChI is InChI=1S/C14H22N2O2S/c1-11(12-4-6-13(19-3)7-5-12)16-14(17)10-15-8-9-18-2/h4-7,11,15H,8-10H2,1-3H3,(H,16,17). The molecule has 1 aromatic rings. The lowest BCUT2D eigenvalue weighted by atomic mass is 10.1. The third-order valence-electron chi connectivity index (χ3n) is 2.76. The van der Waals surface area contributed by atoms with Gasteiger partial charge in [-0.3, -0.25) is 4.79 Å². The largest absolute Gasteiger partial charge is 0.383 e. The number of thioether (sulfide) groups is 1. The molecule has 0 aliphatic heterocycles. The van der Waals surface area contributed by atoms with Crippen LogP contribution in [0.25, 0.3) is 0 Å². The van der Waals surface area contributed by atoms with Gasteiger partial charge in [0.2, 0.25) is 5.91 Å². The SMILES string of the molecule is COCCNCC(=O)NC(C)c1ccc(SC)cc1. The lowest BCUT2D eigenvalue weighted by molar-refractivity contribution is -0.120. The highest BCUT2D eigenvalue weighted by Crippen LogP contribution is 2.18. The molecule has 4 nitrogen and oxygen atoms in total. The van der Waals surface area contributed by atoms with Crippen molar-refractivity contribution in [3.8, 4) is 0 Å². The van der Waals surface area contributed by atoms with Crippen molar-refractivity contribution in [3.05, 3.63) is 29.8 Å². The van der Waals surface area contributed by atoms with Crippen LogP contribution in [0.4, 0.5) is 0 Å². The van der Waals surface area contributed by atoms with Gasteiger partial charge in [0.25, 0.3) is 0 Å². The highest BCUT2D eigenvalue weighted by atomic mass is 32.2. The predicted octanol–water partition coefficient (Wildman–Crippen LogP) is 1.82. The molecule has 1 atom stereocenters.